The molecule has 0 rings (SSSR count). The van der Waals surface area contributed by atoms with Crippen LogP contribution in [-0.2, 0) is 27.5 Å². The summed E-state index contributed by atoms with van der Waals surface area (Å²) in [7, 11) is 3.47. The van der Waals surface area contributed by atoms with E-state index in [0.717, 1.165) is 0 Å². The molecule has 124 valence electrons. The standard InChI is InChI=1S/C13H26O7Si/c1-16-11-12(7-5-8-14)13(15)20-9-6-10-21(17-2,18-3)19-4/h11,14H,5-10H2,1-4H3. The van der Waals surface area contributed by atoms with Gasteiger partial charge in [0, 0.05) is 34.0 Å². The lowest BCUT2D eigenvalue weighted by atomic mass is 10.1. The van der Waals surface area contributed by atoms with Crippen LogP contribution in [0.2, 0.25) is 6.04 Å². The number of aliphatic hydroxyl groups is 1. The Morgan fingerprint density at radius 2 is 1.71 bits per heavy atom. The third kappa shape index (κ3) is 7.58. The van der Waals surface area contributed by atoms with Crippen LogP contribution in [0.1, 0.15) is 19.3 Å². The number of carbonyl (C=O) groups excluding carboxylic acids is 1. The largest absolute Gasteiger partial charge is 0.504 e. The van der Waals surface area contributed by atoms with Gasteiger partial charge < -0.3 is 27.9 Å². The Morgan fingerprint density at radius 1 is 1.10 bits per heavy atom. The molecule has 0 aromatic rings. The summed E-state index contributed by atoms with van der Waals surface area (Å²) < 4.78 is 25.8. The molecule has 0 aliphatic heterocycles. The fourth-order valence-corrected chi connectivity index (χ4v) is 3.41. The average molecular weight is 322 g/mol. The Hall–Kier alpha value is -0.933. The molecule has 21 heavy (non-hydrogen) atoms. The third-order valence-corrected chi connectivity index (χ3v) is 5.75. The van der Waals surface area contributed by atoms with Crippen molar-refractivity contribution in [2.75, 3.05) is 41.7 Å². The van der Waals surface area contributed by atoms with E-state index in [9.17, 15) is 4.79 Å². The van der Waals surface area contributed by atoms with Crippen LogP contribution in [0.5, 0.6) is 0 Å². The van der Waals surface area contributed by atoms with Gasteiger partial charge in [0.25, 0.3) is 0 Å². The lowest BCUT2D eigenvalue weighted by Crippen LogP contribution is -2.42. The van der Waals surface area contributed by atoms with Crippen molar-refractivity contribution in [3.05, 3.63) is 11.8 Å². The number of hydrogen-bond acceptors (Lipinski definition) is 7. The quantitative estimate of drug-likeness (QED) is 0.189. The highest BCUT2D eigenvalue weighted by molar-refractivity contribution is 6.60. The highest BCUT2D eigenvalue weighted by atomic mass is 28.4. The van der Waals surface area contributed by atoms with E-state index in [-0.39, 0.29) is 13.2 Å². The molecule has 0 radical (unpaired) electrons. The normalized spacial score (nSPS) is 12.3. The van der Waals surface area contributed by atoms with Crippen LogP contribution in [0, 0.1) is 0 Å². The molecule has 0 fully saturated rings. The fraction of sp³-hybridized carbons (Fsp3) is 0.769. The molecule has 8 heteroatoms. The summed E-state index contributed by atoms with van der Waals surface area (Å²) in [5.74, 6) is -0.440. The number of ether oxygens (including phenoxy) is 2. The molecule has 0 aliphatic carbocycles. The van der Waals surface area contributed by atoms with Gasteiger partial charge in [0.05, 0.1) is 25.6 Å². The molecule has 1 N–H and O–H groups in total. The minimum atomic E-state index is -2.62. The molecule has 0 saturated carbocycles. The summed E-state index contributed by atoms with van der Waals surface area (Å²) in [5, 5.41) is 8.79. The molecule has 7 nitrogen and oxygen atoms in total. The topological polar surface area (TPSA) is 83.5 Å². The van der Waals surface area contributed by atoms with Crippen molar-refractivity contribution in [2.24, 2.45) is 0 Å². The molecule has 0 heterocycles. The molecule has 0 aromatic heterocycles. The molecule has 0 bridgehead atoms. The van der Waals surface area contributed by atoms with E-state index in [1.165, 1.54) is 13.4 Å². The van der Waals surface area contributed by atoms with Crippen molar-refractivity contribution >= 4 is 14.8 Å². The van der Waals surface area contributed by atoms with Crippen molar-refractivity contribution < 1.29 is 32.7 Å². The molecule has 0 saturated heterocycles. The number of aliphatic hydroxyl groups excluding tert-OH is 1. The first-order valence-electron chi connectivity index (χ1n) is 6.74. The highest BCUT2D eigenvalue weighted by Crippen LogP contribution is 2.15. The van der Waals surface area contributed by atoms with E-state index in [1.54, 1.807) is 21.3 Å². The number of esters is 1. The van der Waals surface area contributed by atoms with Crippen molar-refractivity contribution in [3.8, 4) is 0 Å². The molecule has 0 unspecified atom stereocenters. The summed E-state index contributed by atoms with van der Waals surface area (Å²) in [6.07, 6.45) is 2.82. The molecule has 0 amide bonds. The molecular weight excluding hydrogens is 296 g/mol. The predicted molar refractivity (Wildman–Crippen MR) is 78.6 cm³/mol. The Balaban J connectivity index is 4.20. The lowest BCUT2D eigenvalue weighted by molar-refractivity contribution is -0.139. The lowest BCUT2D eigenvalue weighted by Gasteiger charge is -2.24. The Labute approximate surface area is 127 Å². The van der Waals surface area contributed by atoms with Gasteiger partial charge in [0.1, 0.15) is 0 Å². The molecule has 0 aromatic carbocycles. The van der Waals surface area contributed by atoms with Crippen molar-refractivity contribution in [1.29, 1.82) is 0 Å². The van der Waals surface area contributed by atoms with Crippen LogP contribution < -0.4 is 0 Å². The highest BCUT2D eigenvalue weighted by Gasteiger charge is 2.37. The zero-order valence-corrected chi connectivity index (χ0v) is 14.2. The summed E-state index contributed by atoms with van der Waals surface area (Å²) in [6.45, 7) is 0.252. The van der Waals surface area contributed by atoms with Gasteiger partial charge in [-0.1, -0.05) is 0 Å². The summed E-state index contributed by atoms with van der Waals surface area (Å²) in [4.78, 5) is 11.8. The van der Waals surface area contributed by atoms with Gasteiger partial charge in [-0.3, -0.25) is 0 Å². The molecular formula is C13H26O7Si. The van der Waals surface area contributed by atoms with Gasteiger partial charge in [0.15, 0.2) is 0 Å². The van der Waals surface area contributed by atoms with Crippen molar-refractivity contribution in [2.45, 2.75) is 25.3 Å². The fourth-order valence-electron chi connectivity index (χ4n) is 1.72. The van der Waals surface area contributed by atoms with E-state index >= 15 is 0 Å². The van der Waals surface area contributed by atoms with Crippen molar-refractivity contribution in [1.82, 2.24) is 0 Å². The number of methoxy groups -OCH3 is 1. The van der Waals surface area contributed by atoms with Crippen LogP contribution in [0.25, 0.3) is 0 Å². The zero-order valence-electron chi connectivity index (χ0n) is 13.2. The predicted octanol–water partition coefficient (Wildman–Crippen LogP) is 1.10. The van der Waals surface area contributed by atoms with Crippen LogP contribution in [0.4, 0.5) is 0 Å². The van der Waals surface area contributed by atoms with E-state index in [0.29, 0.717) is 30.9 Å². The maximum atomic E-state index is 11.8. The number of hydrogen-bond donors (Lipinski definition) is 1. The first-order valence-corrected chi connectivity index (χ1v) is 8.67. The van der Waals surface area contributed by atoms with Gasteiger partial charge in [-0.25, -0.2) is 4.79 Å². The number of rotatable bonds is 12. The molecule has 0 atom stereocenters. The van der Waals surface area contributed by atoms with Crippen LogP contribution in [0.3, 0.4) is 0 Å². The van der Waals surface area contributed by atoms with E-state index in [2.05, 4.69) is 0 Å². The van der Waals surface area contributed by atoms with Crippen LogP contribution in [0.15, 0.2) is 11.8 Å². The number of carbonyl (C=O) groups is 1. The SMILES string of the molecule is COC=C(CCCO)C(=O)OCCC[Si](OC)(OC)OC. The van der Waals surface area contributed by atoms with E-state index in [1.807, 2.05) is 0 Å². The second kappa shape index (κ2) is 11.7. The van der Waals surface area contributed by atoms with E-state index < -0.39 is 14.8 Å². The Bertz CT molecular complexity index is 307. The molecule has 0 spiro atoms. The Kier molecular flexibility index (Phi) is 11.2. The van der Waals surface area contributed by atoms with Crippen LogP contribution >= 0.6 is 0 Å². The Morgan fingerprint density at radius 3 is 2.19 bits per heavy atom. The second-order valence-electron chi connectivity index (χ2n) is 4.24. The third-order valence-electron chi connectivity index (χ3n) is 2.92. The van der Waals surface area contributed by atoms with Gasteiger partial charge in [-0.15, -0.1) is 0 Å². The maximum Gasteiger partial charge on any atom is 0.500 e. The maximum absolute atomic E-state index is 11.8. The summed E-state index contributed by atoms with van der Waals surface area (Å²) in [6, 6.07) is 0.559. The minimum Gasteiger partial charge on any atom is -0.504 e. The summed E-state index contributed by atoms with van der Waals surface area (Å²) in [5.41, 5.74) is 0.403. The van der Waals surface area contributed by atoms with Crippen LogP contribution in [-0.4, -0.2) is 61.5 Å². The van der Waals surface area contributed by atoms with E-state index in [4.69, 9.17) is 27.9 Å². The van der Waals surface area contributed by atoms with Gasteiger partial charge in [-0.2, -0.15) is 0 Å². The first kappa shape index (κ1) is 20.1. The minimum absolute atomic E-state index is 0.0119. The van der Waals surface area contributed by atoms with Crippen molar-refractivity contribution in [3.63, 3.8) is 0 Å². The average Bonchev–Trinajstić information content (AvgIpc) is 2.52. The monoisotopic (exact) mass is 322 g/mol. The first-order chi connectivity index (χ1) is 10.1. The molecule has 0 aliphatic rings. The van der Waals surface area contributed by atoms with Gasteiger partial charge >= 0.3 is 14.8 Å². The summed E-state index contributed by atoms with van der Waals surface area (Å²) >= 11 is 0. The van der Waals surface area contributed by atoms with Gasteiger partial charge in [-0.05, 0) is 19.3 Å². The van der Waals surface area contributed by atoms with Gasteiger partial charge in [0.2, 0.25) is 0 Å². The zero-order chi connectivity index (χ0) is 16.1. The smallest absolute Gasteiger partial charge is 0.500 e. The second-order valence-corrected chi connectivity index (χ2v) is 7.33.